The zero-order chi connectivity index (χ0) is 22.9. The number of nitriles is 1. The third-order valence-electron chi connectivity index (χ3n) is 4.95. The molecular formula is C22H22F2N8. The minimum atomic E-state index is -3.09. The minimum absolute atomic E-state index is 0.0373. The first kappa shape index (κ1) is 21.5. The Labute approximate surface area is 184 Å². The maximum Gasteiger partial charge on any atom is 0.286 e. The molecule has 0 saturated heterocycles. The van der Waals surface area contributed by atoms with Gasteiger partial charge in [-0.3, -0.25) is 4.98 Å². The van der Waals surface area contributed by atoms with Gasteiger partial charge in [0.05, 0.1) is 17.2 Å². The van der Waals surface area contributed by atoms with Gasteiger partial charge in [0.2, 0.25) is 11.9 Å². The number of anilines is 3. The largest absolute Gasteiger partial charge is 0.352 e. The third-order valence-corrected chi connectivity index (χ3v) is 4.95. The second-order valence-electron chi connectivity index (χ2n) is 8.15. The normalized spacial score (nSPS) is 14.7. The van der Waals surface area contributed by atoms with E-state index in [4.69, 9.17) is 0 Å². The van der Waals surface area contributed by atoms with Gasteiger partial charge in [-0.15, -0.1) is 0 Å². The second kappa shape index (κ2) is 8.07. The summed E-state index contributed by atoms with van der Waals surface area (Å²) in [5.74, 6) is -2.43. The molecule has 164 valence electrons. The van der Waals surface area contributed by atoms with Crippen LogP contribution in [0.3, 0.4) is 0 Å². The monoisotopic (exact) mass is 436 g/mol. The molecule has 8 nitrogen and oxygen atoms in total. The van der Waals surface area contributed by atoms with Gasteiger partial charge < -0.3 is 10.6 Å². The van der Waals surface area contributed by atoms with Crippen LogP contribution in [0.4, 0.5) is 26.4 Å². The van der Waals surface area contributed by atoms with E-state index >= 15 is 0 Å². The summed E-state index contributed by atoms with van der Waals surface area (Å²) in [5.41, 5.74) is 0.666. The predicted octanol–water partition coefficient (Wildman–Crippen LogP) is 4.56. The average molecular weight is 436 g/mol. The van der Waals surface area contributed by atoms with E-state index in [2.05, 4.69) is 41.6 Å². The Hall–Kier alpha value is -3.74. The molecule has 2 N–H and O–H groups in total. The Morgan fingerprint density at radius 1 is 1.09 bits per heavy atom. The van der Waals surface area contributed by atoms with E-state index in [1.54, 1.807) is 24.4 Å². The fourth-order valence-electron chi connectivity index (χ4n) is 3.12. The lowest BCUT2D eigenvalue weighted by Gasteiger charge is -2.14. The molecule has 0 amide bonds. The number of hydrogen-bond donors (Lipinski definition) is 2. The molecule has 32 heavy (non-hydrogen) atoms. The van der Waals surface area contributed by atoms with Gasteiger partial charge in [0.25, 0.3) is 5.92 Å². The molecule has 0 aromatic carbocycles. The van der Waals surface area contributed by atoms with E-state index in [1.165, 1.54) is 12.1 Å². The van der Waals surface area contributed by atoms with E-state index in [0.29, 0.717) is 11.4 Å². The Morgan fingerprint density at radius 3 is 2.50 bits per heavy atom. The van der Waals surface area contributed by atoms with E-state index in [9.17, 15) is 14.0 Å². The maximum absolute atomic E-state index is 13.8. The van der Waals surface area contributed by atoms with Crippen molar-refractivity contribution in [3.63, 3.8) is 0 Å². The molecule has 0 bridgehead atoms. The molecule has 3 aromatic rings. The molecule has 10 heteroatoms. The van der Waals surface area contributed by atoms with E-state index in [-0.39, 0.29) is 35.2 Å². The van der Waals surface area contributed by atoms with Crippen LogP contribution in [0.2, 0.25) is 0 Å². The van der Waals surface area contributed by atoms with Gasteiger partial charge in [-0.2, -0.15) is 29.0 Å². The maximum atomic E-state index is 13.8. The zero-order valence-electron chi connectivity index (χ0n) is 17.9. The first-order valence-corrected chi connectivity index (χ1v) is 10.2. The van der Waals surface area contributed by atoms with Crippen molar-refractivity contribution in [1.82, 2.24) is 24.9 Å². The number of nitrogens with zero attached hydrogens (tertiary/aromatic N) is 6. The number of aromatic nitrogens is 5. The van der Waals surface area contributed by atoms with Crippen LogP contribution >= 0.6 is 0 Å². The van der Waals surface area contributed by atoms with Gasteiger partial charge in [-0.05, 0) is 51.0 Å². The molecule has 0 aliphatic heterocycles. The van der Waals surface area contributed by atoms with E-state index in [0.717, 1.165) is 19.8 Å². The summed E-state index contributed by atoms with van der Waals surface area (Å²) in [4.78, 5) is 21.5. The molecule has 0 radical (unpaired) electrons. The molecule has 0 unspecified atom stereocenters. The van der Waals surface area contributed by atoms with E-state index in [1.807, 2.05) is 13.8 Å². The molecule has 0 spiro atoms. The number of rotatable bonds is 7. The van der Waals surface area contributed by atoms with E-state index < -0.39 is 11.3 Å². The van der Waals surface area contributed by atoms with Crippen molar-refractivity contribution in [2.45, 2.75) is 51.0 Å². The molecule has 1 aliphatic carbocycles. The lowest BCUT2D eigenvalue weighted by Crippen LogP contribution is -2.15. The summed E-state index contributed by atoms with van der Waals surface area (Å²) in [6.07, 6.45) is 3.18. The zero-order valence-corrected chi connectivity index (χ0v) is 17.9. The van der Waals surface area contributed by atoms with Crippen molar-refractivity contribution in [1.29, 1.82) is 5.26 Å². The van der Waals surface area contributed by atoms with Crippen molar-refractivity contribution in [2.24, 2.45) is 0 Å². The highest BCUT2D eigenvalue weighted by molar-refractivity contribution is 5.60. The topological polar surface area (TPSA) is 112 Å². The fraction of sp³-hybridized carbons (Fsp3) is 0.364. The van der Waals surface area contributed by atoms with Crippen LogP contribution in [0.1, 0.15) is 45.0 Å². The summed E-state index contributed by atoms with van der Waals surface area (Å²) in [6.45, 7) is 4.65. The van der Waals surface area contributed by atoms with Crippen molar-refractivity contribution in [3.8, 4) is 17.6 Å². The Balaban J connectivity index is 1.71. The number of hydrogen-bond acceptors (Lipinski definition) is 8. The second-order valence-corrected chi connectivity index (χ2v) is 8.15. The summed E-state index contributed by atoms with van der Waals surface area (Å²) in [5, 5.41) is 15.7. The Bertz CT molecular complexity index is 1180. The summed E-state index contributed by atoms with van der Waals surface area (Å²) in [6, 6.07) is 10.2. The van der Waals surface area contributed by atoms with Crippen molar-refractivity contribution in [2.75, 3.05) is 10.6 Å². The SMILES string of the molecule is CC(C)Nc1nc(Nc2ccnc(C3(C#N)CC3)c2)nc(-c2cccc(C(C)(F)F)n2)n1. The molecule has 3 heterocycles. The van der Waals surface area contributed by atoms with Crippen molar-refractivity contribution >= 4 is 17.6 Å². The number of alkyl halides is 2. The first-order valence-electron chi connectivity index (χ1n) is 10.2. The standard InChI is InChI=1S/C22H22F2N8/c1-13(2)27-19-30-18(15-5-4-6-16(29-15)21(3,23)24)31-20(32-19)28-14-7-10-26-17(11-14)22(12-25)8-9-22/h4-7,10-11,13H,8-9H2,1-3H3,(H2,26,27,28,30,31,32). The molecule has 1 saturated carbocycles. The minimum Gasteiger partial charge on any atom is -0.352 e. The molecular weight excluding hydrogens is 414 g/mol. The Kier molecular flexibility index (Phi) is 5.42. The van der Waals surface area contributed by atoms with Crippen LogP contribution < -0.4 is 10.6 Å². The van der Waals surface area contributed by atoms with Crippen LogP contribution in [0.15, 0.2) is 36.5 Å². The van der Waals surface area contributed by atoms with Crippen molar-refractivity contribution in [3.05, 3.63) is 47.9 Å². The van der Waals surface area contributed by atoms with Crippen LogP contribution in [0.5, 0.6) is 0 Å². The molecule has 1 aliphatic rings. The van der Waals surface area contributed by atoms with Crippen LogP contribution in [0, 0.1) is 11.3 Å². The molecule has 1 fully saturated rings. The highest BCUT2D eigenvalue weighted by Gasteiger charge is 2.46. The van der Waals surface area contributed by atoms with Crippen LogP contribution in [-0.2, 0) is 11.3 Å². The molecule has 0 atom stereocenters. The number of nitrogens with one attached hydrogen (secondary N) is 2. The Morgan fingerprint density at radius 2 is 1.84 bits per heavy atom. The van der Waals surface area contributed by atoms with Gasteiger partial charge in [0, 0.05) is 24.8 Å². The van der Waals surface area contributed by atoms with Crippen molar-refractivity contribution < 1.29 is 8.78 Å². The molecule has 4 rings (SSSR count). The fourth-order valence-corrected chi connectivity index (χ4v) is 3.12. The number of pyridine rings is 2. The highest BCUT2D eigenvalue weighted by Crippen LogP contribution is 2.47. The summed E-state index contributed by atoms with van der Waals surface area (Å²) < 4.78 is 27.5. The highest BCUT2D eigenvalue weighted by atomic mass is 19.3. The van der Waals surface area contributed by atoms with Gasteiger partial charge in [-0.1, -0.05) is 6.07 Å². The predicted molar refractivity (Wildman–Crippen MR) is 115 cm³/mol. The number of halogens is 2. The van der Waals surface area contributed by atoms with Crippen LogP contribution in [0.25, 0.3) is 11.5 Å². The first-order chi connectivity index (χ1) is 15.2. The van der Waals surface area contributed by atoms with Gasteiger partial charge in [0.15, 0.2) is 5.82 Å². The lowest BCUT2D eigenvalue weighted by atomic mass is 10.0. The third kappa shape index (κ3) is 4.61. The van der Waals surface area contributed by atoms with Gasteiger partial charge >= 0.3 is 0 Å². The lowest BCUT2D eigenvalue weighted by molar-refractivity contribution is 0.0129. The molecule has 3 aromatic heterocycles. The quantitative estimate of drug-likeness (QED) is 0.554. The summed E-state index contributed by atoms with van der Waals surface area (Å²) >= 11 is 0. The summed E-state index contributed by atoms with van der Waals surface area (Å²) in [7, 11) is 0. The smallest absolute Gasteiger partial charge is 0.286 e. The van der Waals surface area contributed by atoms with Crippen LogP contribution in [-0.4, -0.2) is 31.0 Å². The average Bonchev–Trinajstić information content (AvgIpc) is 3.54. The van der Waals surface area contributed by atoms with Gasteiger partial charge in [0.1, 0.15) is 11.4 Å². The van der Waals surface area contributed by atoms with Gasteiger partial charge in [-0.25, -0.2) is 4.98 Å².